The van der Waals surface area contributed by atoms with Crippen LogP contribution in [-0.4, -0.2) is 74.2 Å². The number of amides is 1. The molecule has 0 aromatic heterocycles. The molecule has 0 aromatic rings. The Labute approximate surface area is 110 Å². The third kappa shape index (κ3) is 4.23. The molecule has 0 saturated carbocycles. The predicted octanol–water partition coefficient (Wildman–Crippen LogP) is 0.164. The minimum Gasteiger partial charge on any atom is -0.363 e. The molecule has 0 bridgehead atoms. The molecule has 1 heterocycles. The fourth-order valence-electron chi connectivity index (χ4n) is 2.26. The van der Waals surface area contributed by atoms with E-state index in [4.69, 9.17) is 4.74 Å². The third-order valence-electron chi connectivity index (χ3n) is 3.36. The third-order valence-corrected chi connectivity index (χ3v) is 3.36. The van der Waals surface area contributed by atoms with Crippen molar-refractivity contribution in [2.75, 3.05) is 46.9 Å². The molecule has 0 aromatic carbocycles. The van der Waals surface area contributed by atoms with E-state index in [2.05, 4.69) is 17.1 Å². The topological polar surface area (TPSA) is 44.8 Å². The molecular weight excluding hydrogens is 230 g/mol. The smallest absolute Gasteiger partial charge is 0.248 e. The molecule has 18 heavy (non-hydrogen) atoms. The van der Waals surface area contributed by atoms with Crippen LogP contribution in [0.15, 0.2) is 0 Å². The van der Waals surface area contributed by atoms with E-state index in [1.807, 2.05) is 32.8 Å². The molecule has 5 nitrogen and oxygen atoms in total. The summed E-state index contributed by atoms with van der Waals surface area (Å²) in [6.45, 7) is 9.58. The number of carbonyl (C=O) groups is 1. The van der Waals surface area contributed by atoms with Crippen molar-refractivity contribution in [1.29, 1.82) is 0 Å². The normalized spacial score (nSPS) is 19.4. The van der Waals surface area contributed by atoms with Crippen LogP contribution in [0.25, 0.3) is 0 Å². The van der Waals surface area contributed by atoms with Gasteiger partial charge in [-0.2, -0.15) is 0 Å². The quantitative estimate of drug-likeness (QED) is 0.706. The molecule has 1 rings (SSSR count). The Balaban J connectivity index is 2.41. The fourth-order valence-corrected chi connectivity index (χ4v) is 2.26. The number of nitrogens with zero attached hydrogens (tertiary/aromatic N) is 2. The maximum atomic E-state index is 12.1. The van der Waals surface area contributed by atoms with Crippen LogP contribution >= 0.6 is 0 Å². The summed E-state index contributed by atoms with van der Waals surface area (Å²) in [5, 5.41) is 3.16. The zero-order valence-electron chi connectivity index (χ0n) is 12.3. The fraction of sp³-hybridized carbons (Fsp3) is 0.923. The number of hydrogen-bond acceptors (Lipinski definition) is 4. The van der Waals surface area contributed by atoms with Gasteiger partial charge in [0.2, 0.25) is 5.91 Å². The molecule has 1 N–H and O–H groups in total. The molecule has 1 fully saturated rings. The van der Waals surface area contributed by atoms with Gasteiger partial charge in [0.25, 0.3) is 0 Å². The first-order chi connectivity index (χ1) is 8.38. The SMILES string of the molecule is CCN(C(=O)COC1(C)CNC1)C(C)CN(C)C. The van der Waals surface area contributed by atoms with Gasteiger partial charge in [-0.1, -0.05) is 0 Å². The first kappa shape index (κ1) is 15.4. The Bertz CT molecular complexity index is 277. The van der Waals surface area contributed by atoms with Crippen LogP contribution in [0.4, 0.5) is 0 Å². The first-order valence-corrected chi connectivity index (χ1v) is 6.67. The molecule has 1 atom stereocenters. The predicted molar refractivity (Wildman–Crippen MR) is 72.6 cm³/mol. The Morgan fingerprint density at radius 3 is 2.44 bits per heavy atom. The van der Waals surface area contributed by atoms with Gasteiger partial charge in [0.05, 0.1) is 5.60 Å². The van der Waals surface area contributed by atoms with Crippen LogP contribution < -0.4 is 5.32 Å². The van der Waals surface area contributed by atoms with Gasteiger partial charge in [-0.15, -0.1) is 0 Å². The molecule has 0 radical (unpaired) electrons. The highest BCUT2D eigenvalue weighted by atomic mass is 16.5. The van der Waals surface area contributed by atoms with E-state index in [0.29, 0.717) is 0 Å². The molecule has 106 valence electrons. The van der Waals surface area contributed by atoms with Crippen LogP contribution in [0.2, 0.25) is 0 Å². The van der Waals surface area contributed by atoms with Crippen LogP contribution in [0.1, 0.15) is 20.8 Å². The second-order valence-electron chi connectivity index (χ2n) is 5.63. The lowest BCUT2D eigenvalue weighted by Crippen LogP contribution is -2.60. The van der Waals surface area contributed by atoms with Crippen molar-refractivity contribution >= 4 is 5.91 Å². The lowest BCUT2D eigenvalue weighted by atomic mass is 10.0. The summed E-state index contributed by atoms with van der Waals surface area (Å²) in [5.74, 6) is 0.0833. The molecule has 1 unspecified atom stereocenters. The summed E-state index contributed by atoms with van der Waals surface area (Å²) in [7, 11) is 4.04. The van der Waals surface area contributed by atoms with E-state index in [1.54, 1.807) is 0 Å². The van der Waals surface area contributed by atoms with Crippen LogP contribution in [-0.2, 0) is 9.53 Å². The standard InChI is InChI=1S/C13H27N3O2/c1-6-16(11(2)7-15(4)5)12(17)8-18-13(3)9-14-10-13/h11,14H,6-10H2,1-5H3. The second-order valence-corrected chi connectivity index (χ2v) is 5.63. The van der Waals surface area contributed by atoms with Gasteiger partial charge in [-0.25, -0.2) is 0 Å². The number of carbonyl (C=O) groups excluding carboxylic acids is 1. The first-order valence-electron chi connectivity index (χ1n) is 6.67. The van der Waals surface area contributed by atoms with E-state index in [9.17, 15) is 4.79 Å². The van der Waals surface area contributed by atoms with E-state index in [1.165, 1.54) is 0 Å². The number of nitrogens with one attached hydrogen (secondary N) is 1. The molecule has 1 aliphatic heterocycles. The molecule has 0 aliphatic carbocycles. The maximum absolute atomic E-state index is 12.1. The van der Waals surface area contributed by atoms with Gasteiger partial charge in [-0.3, -0.25) is 4.79 Å². The summed E-state index contributed by atoms with van der Waals surface area (Å²) in [5.41, 5.74) is -0.153. The average Bonchev–Trinajstić information content (AvgIpc) is 2.23. The highest BCUT2D eigenvalue weighted by molar-refractivity contribution is 5.77. The van der Waals surface area contributed by atoms with Crippen molar-refractivity contribution < 1.29 is 9.53 Å². The zero-order chi connectivity index (χ0) is 13.8. The maximum Gasteiger partial charge on any atom is 0.248 e. The molecular formula is C13H27N3O2. The molecule has 0 spiro atoms. The van der Waals surface area contributed by atoms with Gasteiger partial charge < -0.3 is 19.9 Å². The largest absolute Gasteiger partial charge is 0.363 e. The second kappa shape index (κ2) is 6.50. The van der Waals surface area contributed by atoms with Crippen molar-refractivity contribution in [3.8, 4) is 0 Å². The summed E-state index contributed by atoms with van der Waals surface area (Å²) in [6.07, 6.45) is 0. The van der Waals surface area contributed by atoms with Crippen LogP contribution in [0.3, 0.4) is 0 Å². The van der Waals surface area contributed by atoms with E-state index >= 15 is 0 Å². The number of ether oxygens (including phenoxy) is 1. The molecule has 1 amide bonds. The average molecular weight is 257 g/mol. The lowest BCUT2D eigenvalue weighted by molar-refractivity contribution is -0.147. The van der Waals surface area contributed by atoms with Gasteiger partial charge in [0.1, 0.15) is 6.61 Å². The summed E-state index contributed by atoms with van der Waals surface area (Å²) in [6, 6.07) is 0.216. The monoisotopic (exact) mass is 257 g/mol. The zero-order valence-corrected chi connectivity index (χ0v) is 12.3. The summed E-state index contributed by atoms with van der Waals surface area (Å²) >= 11 is 0. The van der Waals surface area contributed by atoms with E-state index in [-0.39, 0.29) is 24.2 Å². The Morgan fingerprint density at radius 1 is 1.44 bits per heavy atom. The van der Waals surface area contributed by atoms with Crippen molar-refractivity contribution in [1.82, 2.24) is 15.1 Å². The number of rotatable bonds is 7. The van der Waals surface area contributed by atoms with Crippen LogP contribution in [0.5, 0.6) is 0 Å². The van der Waals surface area contributed by atoms with E-state index in [0.717, 1.165) is 26.2 Å². The highest BCUT2D eigenvalue weighted by Gasteiger charge is 2.33. The summed E-state index contributed by atoms with van der Waals surface area (Å²) < 4.78 is 5.70. The molecule has 1 saturated heterocycles. The van der Waals surface area contributed by atoms with Crippen molar-refractivity contribution in [3.05, 3.63) is 0 Å². The summed E-state index contributed by atoms with van der Waals surface area (Å²) in [4.78, 5) is 16.1. The highest BCUT2D eigenvalue weighted by Crippen LogP contribution is 2.15. The Morgan fingerprint density at radius 2 is 2.06 bits per heavy atom. The van der Waals surface area contributed by atoms with Gasteiger partial charge in [0.15, 0.2) is 0 Å². The van der Waals surface area contributed by atoms with E-state index < -0.39 is 0 Å². The van der Waals surface area contributed by atoms with Gasteiger partial charge >= 0.3 is 0 Å². The minimum absolute atomic E-state index is 0.0833. The van der Waals surface area contributed by atoms with Crippen molar-refractivity contribution in [2.45, 2.75) is 32.4 Å². The minimum atomic E-state index is -0.153. The Kier molecular flexibility index (Phi) is 5.56. The van der Waals surface area contributed by atoms with Crippen molar-refractivity contribution in [3.63, 3.8) is 0 Å². The van der Waals surface area contributed by atoms with Gasteiger partial charge in [0, 0.05) is 32.2 Å². The number of likely N-dealkylation sites (N-methyl/N-ethyl adjacent to an activating group) is 2. The molecule has 5 heteroatoms. The number of hydrogen-bond donors (Lipinski definition) is 1. The van der Waals surface area contributed by atoms with Gasteiger partial charge in [-0.05, 0) is 34.9 Å². The molecule has 1 aliphatic rings. The lowest BCUT2D eigenvalue weighted by Gasteiger charge is -2.39. The van der Waals surface area contributed by atoms with Crippen LogP contribution in [0, 0.1) is 0 Å². The van der Waals surface area contributed by atoms with Crippen molar-refractivity contribution in [2.24, 2.45) is 0 Å². The Hall–Kier alpha value is -0.650.